The Morgan fingerprint density at radius 1 is 1.12 bits per heavy atom. The van der Waals surface area contributed by atoms with Crippen molar-refractivity contribution in [1.82, 2.24) is 15.3 Å². The Balaban J connectivity index is 1.81. The summed E-state index contributed by atoms with van der Waals surface area (Å²) in [6.07, 6.45) is 4.60. The van der Waals surface area contributed by atoms with E-state index in [0.717, 1.165) is 12.1 Å². The fraction of sp³-hybridized carbons (Fsp3) is 0.167. The standard InChI is InChI=1S/C18H18N4O2/c1-2-19-18-20-11-14(12-21-18)17(23)22-16(15-9-6-10-24-15)13-7-4-3-5-8-13/h3-12,16H,2H2,1H3,(H,22,23)(H,19,20,21). The van der Waals surface area contributed by atoms with E-state index in [9.17, 15) is 4.79 Å². The van der Waals surface area contributed by atoms with E-state index >= 15 is 0 Å². The molecule has 0 saturated carbocycles. The van der Waals surface area contributed by atoms with Crippen molar-refractivity contribution < 1.29 is 9.21 Å². The lowest BCUT2D eigenvalue weighted by Gasteiger charge is -2.17. The number of rotatable bonds is 6. The summed E-state index contributed by atoms with van der Waals surface area (Å²) in [7, 11) is 0. The summed E-state index contributed by atoms with van der Waals surface area (Å²) < 4.78 is 5.48. The fourth-order valence-electron chi connectivity index (χ4n) is 2.33. The molecule has 6 heteroatoms. The highest BCUT2D eigenvalue weighted by molar-refractivity contribution is 5.94. The summed E-state index contributed by atoms with van der Waals surface area (Å²) in [5.41, 5.74) is 1.33. The van der Waals surface area contributed by atoms with Crippen molar-refractivity contribution in [2.45, 2.75) is 13.0 Å². The lowest BCUT2D eigenvalue weighted by Crippen LogP contribution is -2.29. The molecule has 0 bridgehead atoms. The predicted octanol–water partition coefficient (Wildman–Crippen LogP) is 3.02. The van der Waals surface area contributed by atoms with Gasteiger partial charge >= 0.3 is 0 Å². The zero-order chi connectivity index (χ0) is 16.8. The van der Waals surface area contributed by atoms with E-state index in [4.69, 9.17) is 4.42 Å². The molecule has 6 nitrogen and oxygen atoms in total. The molecule has 0 spiro atoms. The molecule has 122 valence electrons. The first kappa shape index (κ1) is 15.7. The summed E-state index contributed by atoms with van der Waals surface area (Å²) in [6.45, 7) is 2.68. The van der Waals surface area contributed by atoms with Crippen LogP contribution in [0.25, 0.3) is 0 Å². The van der Waals surface area contributed by atoms with Gasteiger partial charge in [0, 0.05) is 18.9 Å². The van der Waals surface area contributed by atoms with Gasteiger partial charge in [-0.25, -0.2) is 9.97 Å². The van der Waals surface area contributed by atoms with Crippen LogP contribution in [0.3, 0.4) is 0 Å². The van der Waals surface area contributed by atoms with Crippen LogP contribution in [-0.2, 0) is 0 Å². The topological polar surface area (TPSA) is 80.0 Å². The Morgan fingerprint density at radius 3 is 2.50 bits per heavy atom. The molecule has 24 heavy (non-hydrogen) atoms. The molecule has 0 aliphatic heterocycles. The third-order valence-corrected chi connectivity index (χ3v) is 3.48. The first-order chi connectivity index (χ1) is 11.8. The number of aromatic nitrogens is 2. The van der Waals surface area contributed by atoms with E-state index in [-0.39, 0.29) is 11.9 Å². The van der Waals surface area contributed by atoms with E-state index in [2.05, 4.69) is 20.6 Å². The minimum atomic E-state index is -0.373. The number of carbonyl (C=O) groups is 1. The summed E-state index contributed by atoms with van der Waals surface area (Å²) in [5, 5.41) is 5.96. The van der Waals surface area contributed by atoms with E-state index in [1.807, 2.05) is 43.3 Å². The van der Waals surface area contributed by atoms with Crippen LogP contribution in [0.15, 0.2) is 65.5 Å². The summed E-state index contributed by atoms with van der Waals surface area (Å²) in [4.78, 5) is 20.8. The van der Waals surface area contributed by atoms with Gasteiger partial charge in [-0.15, -0.1) is 0 Å². The highest BCUT2D eigenvalue weighted by atomic mass is 16.3. The summed E-state index contributed by atoms with van der Waals surface area (Å²) in [5.74, 6) is 0.905. The Bertz CT molecular complexity index is 771. The minimum Gasteiger partial charge on any atom is -0.467 e. The molecule has 3 aromatic rings. The van der Waals surface area contributed by atoms with Crippen LogP contribution in [0.4, 0.5) is 5.95 Å². The van der Waals surface area contributed by atoms with Gasteiger partial charge in [-0.3, -0.25) is 4.79 Å². The van der Waals surface area contributed by atoms with E-state index in [1.165, 1.54) is 12.4 Å². The number of benzene rings is 1. The van der Waals surface area contributed by atoms with Crippen molar-refractivity contribution in [1.29, 1.82) is 0 Å². The predicted molar refractivity (Wildman–Crippen MR) is 90.7 cm³/mol. The number of anilines is 1. The number of nitrogens with zero attached hydrogens (tertiary/aromatic N) is 2. The molecule has 2 N–H and O–H groups in total. The molecular weight excluding hydrogens is 304 g/mol. The van der Waals surface area contributed by atoms with Gasteiger partial charge < -0.3 is 15.1 Å². The van der Waals surface area contributed by atoms with E-state index in [0.29, 0.717) is 17.3 Å². The summed E-state index contributed by atoms with van der Waals surface area (Å²) >= 11 is 0. The highest BCUT2D eigenvalue weighted by Crippen LogP contribution is 2.22. The van der Waals surface area contributed by atoms with Crippen molar-refractivity contribution in [2.24, 2.45) is 0 Å². The molecule has 0 aliphatic carbocycles. The van der Waals surface area contributed by atoms with Crippen LogP contribution in [0.2, 0.25) is 0 Å². The van der Waals surface area contributed by atoms with Crippen molar-refractivity contribution in [3.63, 3.8) is 0 Å². The van der Waals surface area contributed by atoms with Crippen LogP contribution in [-0.4, -0.2) is 22.4 Å². The largest absolute Gasteiger partial charge is 0.467 e. The van der Waals surface area contributed by atoms with Gasteiger partial charge in [0.2, 0.25) is 5.95 Å². The first-order valence-electron chi connectivity index (χ1n) is 7.73. The number of carbonyl (C=O) groups excluding carboxylic acids is 1. The maximum Gasteiger partial charge on any atom is 0.255 e. The number of hydrogen-bond acceptors (Lipinski definition) is 5. The SMILES string of the molecule is CCNc1ncc(C(=O)NC(c2ccccc2)c2ccco2)cn1. The zero-order valence-corrected chi connectivity index (χ0v) is 13.3. The molecular formula is C18H18N4O2. The quantitative estimate of drug-likeness (QED) is 0.729. The lowest BCUT2D eigenvalue weighted by atomic mass is 10.0. The molecule has 1 unspecified atom stereocenters. The van der Waals surface area contributed by atoms with Gasteiger partial charge in [-0.05, 0) is 24.6 Å². The number of furan rings is 1. The van der Waals surface area contributed by atoms with Crippen molar-refractivity contribution in [3.8, 4) is 0 Å². The van der Waals surface area contributed by atoms with E-state index in [1.54, 1.807) is 12.3 Å². The Morgan fingerprint density at radius 2 is 1.88 bits per heavy atom. The van der Waals surface area contributed by atoms with Crippen LogP contribution in [0.1, 0.15) is 34.6 Å². The molecule has 0 aliphatic rings. The van der Waals surface area contributed by atoms with Gasteiger partial charge in [-0.1, -0.05) is 30.3 Å². The third kappa shape index (κ3) is 3.60. The molecule has 2 aromatic heterocycles. The molecule has 1 atom stereocenters. The molecule has 0 radical (unpaired) electrons. The second-order valence-corrected chi connectivity index (χ2v) is 5.16. The maximum atomic E-state index is 12.5. The molecule has 2 heterocycles. The van der Waals surface area contributed by atoms with Crippen molar-refractivity contribution >= 4 is 11.9 Å². The third-order valence-electron chi connectivity index (χ3n) is 3.48. The van der Waals surface area contributed by atoms with Crippen LogP contribution in [0.5, 0.6) is 0 Å². The fourth-order valence-corrected chi connectivity index (χ4v) is 2.33. The van der Waals surface area contributed by atoms with Crippen molar-refractivity contribution in [2.75, 3.05) is 11.9 Å². The first-order valence-corrected chi connectivity index (χ1v) is 7.73. The van der Waals surface area contributed by atoms with Crippen LogP contribution < -0.4 is 10.6 Å². The van der Waals surface area contributed by atoms with Crippen LogP contribution >= 0.6 is 0 Å². The molecule has 1 amide bonds. The minimum absolute atomic E-state index is 0.261. The smallest absolute Gasteiger partial charge is 0.255 e. The van der Waals surface area contributed by atoms with Gasteiger partial charge in [0.1, 0.15) is 11.8 Å². The molecule has 0 fully saturated rings. The Hall–Kier alpha value is -3.15. The van der Waals surface area contributed by atoms with Gasteiger partial charge in [0.05, 0.1) is 11.8 Å². The Kier molecular flexibility index (Phi) is 4.86. The van der Waals surface area contributed by atoms with E-state index < -0.39 is 0 Å². The number of amides is 1. The van der Waals surface area contributed by atoms with Gasteiger partial charge in [0.25, 0.3) is 5.91 Å². The van der Waals surface area contributed by atoms with Gasteiger partial charge in [-0.2, -0.15) is 0 Å². The second-order valence-electron chi connectivity index (χ2n) is 5.16. The van der Waals surface area contributed by atoms with Crippen LogP contribution in [0, 0.1) is 0 Å². The summed E-state index contributed by atoms with van der Waals surface area (Å²) in [6, 6.07) is 12.9. The highest BCUT2D eigenvalue weighted by Gasteiger charge is 2.20. The Labute approximate surface area is 140 Å². The monoisotopic (exact) mass is 322 g/mol. The normalized spacial score (nSPS) is 11.7. The molecule has 3 rings (SSSR count). The number of nitrogens with one attached hydrogen (secondary N) is 2. The molecule has 1 aromatic carbocycles. The van der Waals surface area contributed by atoms with Crippen molar-refractivity contribution in [3.05, 3.63) is 78.0 Å². The zero-order valence-electron chi connectivity index (χ0n) is 13.3. The average Bonchev–Trinajstić information content (AvgIpc) is 3.15. The average molecular weight is 322 g/mol. The molecule has 0 saturated heterocycles. The second kappa shape index (κ2) is 7.41. The number of hydrogen-bond donors (Lipinski definition) is 2. The maximum absolute atomic E-state index is 12.5. The lowest BCUT2D eigenvalue weighted by molar-refractivity contribution is 0.0938. The van der Waals surface area contributed by atoms with Gasteiger partial charge in [0.15, 0.2) is 0 Å².